The minimum Gasteiger partial charge on any atom is -0.333 e. The highest BCUT2D eigenvalue weighted by Gasteiger charge is 2.15. The molecule has 7 nitrogen and oxygen atoms in total. The van der Waals surface area contributed by atoms with E-state index in [2.05, 4.69) is 30.1 Å². The molecule has 4 aromatic rings. The van der Waals surface area contributed by atoms with Crippen LogP contribution in [-0.2, 0) is 0 Å². The molecule has 4 aromatic heterocycles. The van der Waals surface area contributed by atoms with E-state index in [0.717, 1.165) is 15.4 Å². The Labute approximate surface area is 128 Å². The van der Waals surface area contributed by atoms with Crippen molar-refractivity contribution >= 4 is 11.3 Å². The molecule has 8 heteroatoms. The maximum absolute atomic E-state index is 5.27. The standard InChI is InChI=1S/C14H8N6OS/c1-3-9(7-15-4-1)14-18-8-10(22-14)13-19-12(20-21-13)11-16-5-2-6-17-11/h1-8H. The predicted molar refractivity (Wildman–Crippen MR) is 79.7 cm³/mol. The van der Waals surface area contributed by atoms with Gasteiger partial charge in [0.15, 0.2) is 0 Å². The van der Waals surface area contributed by atoms with E-state index in [4.69, 9.17) is 4.52 Å². The molecule has 0 saturated carbocycles. The second kappa shape index (κ2) is 5.41. The van der Waals surface area contributed by atoms with Crippen LogP contribution in [0.4, 0.5) is 0 Å². The van der Waals surface area contributed by atoms with Crippen molar-refractivity contribution in [2.75, 3.05) is 0 Å². The summed E-state index contributed by atoms with van der Waals surface area (Å²) in [4.78, 5) is 21.7. The highest BCUT2D eigenvalue weighted by Crippen LogP contribution is 2.31. The fourth-order valence-electron chi connectivity index (χ4n) is 1.82. The molecule has 0 atom stereocenters. The Morgan fingerprint density at radius 1 is 0.909 bits per heavy atom. The average molecular weight is 308 g/mol. The fourth-order valence-corrected chi connectivity index (χ4v) is 2.65. The first kappa shape index (κ1) is 12.7. The zero-order valence-corrected chi connectivity index (χ0v) is 11.9. The summed E-state index contributed by atoms with van der Waals surface area (Å²) in [6, 6.07) is 5.55. The van der Waals surface area contributed by atoms with Gasteiger partial charge in [-0.15, -0.1) is 11.3 Å². The summed E-state index contributed by atoms with van der Waals surface area (Å²) in [5.74, 6) is 1.18. The molecule has 22 heavy (non-hydrogen) atoms. The van der Waals surface area contributed by atoms with Crippen LogP contribution in [0.2, 0.25) is 0 Å². The van der Waals surface area contributed by atoms with Gasteiger partial charge in [-0.25, -0.2) is 15.0 Å². The number of thiazole rings is 1. The van der Waals surface area contributed by atoms with Crippen LogP contribution >= 0.6 is 11.3 Å². The average Bonchev–Trinajstić information content (AvgIpc) is 3.26. The van der Waals surface area contributed by atoms with E-state index >= 15 is 0 Å². The molecule has 0 N–H and O–H groups in total. The van der Waals surface area contributed by atoms with Crippen molar-refractivity contribution in [3.8, 4) is 33.0 Å². The fraction of sp³-hybridized carbons (Fsp3) is 0. The van der Waals surface area contributed by atoms with Crippen LogP contribution in [0, 0.1) is 0 Å². The van der Waals surface area contributed by atoms with Crippen LogP contribution in [0.25, 0.3) is 33.0 Å². The number of pyridine rings is 1. The van der Waals surface area contributed by atoms with Crippen molar-refractivity contribution in [2.45, 2.75) is 0 Å². The van der Waals surface area contributed by atoms with Crippen LogP contribution in [0.3, 0.4) is 0 Å². The molecule has 0 bridgehead atoms. The van der Waals surface area contributed by atoms with Gasteiger partial charge >= 0.3 is 0 Å². The van der Waals surface area contributed by atoms with Gasteiger partial charge < -0.3 is 4.52 Å². The maximum Gasteiger partial charge on any atom is 0.270 e. The Balaban J connectivity index is 1.66. The molecule has 0 aliphatic rings. The van der Waals surface area contributed by atoms with Crippen molar-refractivity contribution in [1.82, 2.24) is 30.1 Å². The molecular formula is C14H8N6OS. The van der Waals surface area contributed by atoms with Gasteiger partial charge in [-0.3, -0.25) is 4.98 Å². The van der Waals surface area contributed by atoms with Gasteiger partial charge in [0.1, 0.15) is 9.88 Å². The molecule has 0 fully saturated rings. The first-order valence-electron chi connectivity index (χ1n) is 6.38. The largest absolute Gasteiger partial charge is 0.333 e. The topological polar surface area (TPSA) is 90.5 Å². The van der Waals surface area contributed by atoms with E-state index in [-0.39, 0.29) is 0 Å². The van der Waals surface area contributed by atoms with Gasteiger partial charge in [0, 0.05) is 30.4 Å². The van der Waals surface area contributed by atoms with Gasteiger partial charge in [-0.2, -0.15) is 4.98 Å². The third-order valence-electron chi connectivity index (χ3n) is 2.82. The van der Waals surface area contributed by atoms with E-state index in [0.29, 0.717) is 17.5 Å². The van der Waals surface area contributed by atoms with Crippen LogP contribution in [-0.4, -0.2) is 30.1 Å². The Morgan fingerprint density at radius 3 is 2.64 bits per heavy atom. The van der Waals surface area contributed by atoms with Crippen molar-refractivity contribution in [3.63, 3.8) is 0 Å². The molecule has 0 aliphatic carbocycles. The third-order valence-corrected chi connectivity index (χ3v) is 3.85. The summed E-state index contributed by atoms with van der Waals surface area (Å²) < 4.78 is 5.27. The summed E-state index contributed by atoms with van der Waals surface area (Å²) in [6.45, 7) is 0. The lowest BCUT2D eigenvalue weighted by Crippen LogP contribution is -1.88. The number of hydrogen-bond acceptors (Lipinski definition) is 8. The first-order valence-corrected chi connectivity index (χ1v) is 7.19. The quantitative estimate of drug-likeness (QED) is 0.574. The van der Waals surface area contributed by atoms with Gasteiger partial charge in [-0.05, 0) is 18.2 Å². The van der Waals surface area contributed by atoms with E-state index in [9.17, 15) is 0 Å². The lowest BCUT2D eigenvalue weighted by atomic mass is 10.3. The zero-order valence-electron chi connectivity index (χ0n) is 11.1. The van der Waals surface area contributed by atoms with Crippen LogP contribution in [0.5, 0.6) is 0 Å². The molecule has 106 valence electrons. The van der Waals surface area contributed by atoms with E-state index in [1.54, 1.807) is 37.1 Å². The zero-order chi connectivity index (χ0) is 14.8. The molecule has 0 amide bonds. The van der Waals surface area contributed by atoms with Gasteiger partial charge in [0.25, 0.3) is 5.89 Å². The molecule has 0 spiro atoms. The molecule has 0 unspecified atom stereocenters. The Morgan fingerprint density at radius 2 is 1.82 bits per heavy atom. The third kappa shape index (κ3) is 2.35. The monoisotopic (exact) mass is 308 g/mol. The smallest absolute Gasteiger partial charge is 0.270 e. The normalized spacial score (nSPS) is 10.7. The summed E-state index contributed by atoms with van der Waals surface area (Å²) >= 11 is 1.46. The second-order valence-electron chi connectivity index (χ2n) is 4.27. The number of aromatic nitrogens is 6. The lowest BCUT2D eigenvalue weighted by Gasteiger charge is -1.91. The van der Waals surface area contributed by atoms with Crippen molar-refractivity contribution < 1.29 is 4.52 Å². The second-order valence-corrected chi connectivity index (χ2v) is 5.30. The summed E-state index contributed by atoms with van der Waals surface area (Å²) in [6.07, 6.45) is 8.45. The molecule has 4 heterocycles. The summed E-state index contributed by atoms with van der Waals surface area (Å²) in [5.41, 5.74) is 0.949. The highest BCUT2D eigenvalue weighted by molar-refractivity contribution is 7.18. The van der Waals surface area contributed by atoms with E-state index in [1.807, 2.05) is 12.1 Å². The molecule has 0 aromatic carbocycles. The minimum absolute atomic E-state index is 0.354. The summed E-state index contributed by atoms with van der Waals surface area (Å²) in [5, 5.41) is 4.75. The minimum atomic E-state index is 0.354. The van der Waals surface area contributed by atoms with Crippen LogP contribution in [0.1, 0.15) is 0 Å². The first-order chi connectivity index (χ1) is 10.9. The summed E-state index contributed by atoms with van der Waals surface area (Å²) in [7, 11) is 0. The predicted octanol–water partition coefficient (Wildman–Crippen LogP) is 2.71. The van der Waals surface area contributed by atoms with Gasteiger partial charge in [0.05, 0.1) is 6.20 Å². The van der Waals surface area contributed by atoms with Crippen LogP contribution < -0.4 is 0 Å². The SMILES string of the molecule is c1cnc(-c2noc(-c3cnc(-c4cccnc4)s3)n2)nc1. The van der Waals surface area contributed by atoms with E-state index in [1.165, 1.54) is 11.3 Å². The molecule has 4 rings (SSSR count). The number of nitrogens with zero attached hydrogens (tertiary/aromatic N) is 6. The number of rotatable bonds is 3. The Bertz CT molecular complexity index is 814. The van der Waals surface area contributed by atoms with E-state index < -0.39 is 0 Å². The van der Waals surface area contributed by atoms with Crippen LogP contribution in [0.15, 0.2) is 53.7 Å². The Hall–Kier alpha value is -3.00. The molecular weight excluding hydrogens is 300 g/mol. The molecule has 0 radical (unpaired) electrons. The maximum atomic E-state index is 5.27. The van der Waals surface area contributed by atoms with Crippen molar-refractivity contribution in [2.24, 2.45) is 0 Å². The lowest BCUT2D eigenvalue weighted by molar-refractivity contribution is 0.432. The molecule has 0 aliphatic heterocycles. The van der Waals surface area contributed by atoms with Crippen molar-refractivity contribution in [3.05, 3.63) is 49.2 Å². The van der Waals surface area contributed by atoms with Crippen molar-refractivity contribution in [1.29, 1.82) is 0 Å². The Kier molecular flexibility index (Phi) is 3.13. The van der Waals surface area contributed by atoms with Gasteiger partial charge in [-0.1, -0.05) is 5.16 Å². The number of hydrogen-bond donors (Lipinski definition) is 0. The highest BCUT2D eigenvalue weighted by atomic mass is 32.1. The molecule has 0 saturated heterocycles. The van der Waals surface area contributed by atoms with Gasteiger partial charge in [0.2, 0.25) is 11.6 Å².